The molecule has 7 heteroatoms. The third kappa shape index (κ3) is 2.54. The van der Waals surface area contributed by atoms with Crippen molar-refractivity contribution in [3.8, 4) is 11.5 Å². The van der Waals surface area contributed by atoms with Gasteiger partial charge in [0.05, 0.1) is 23.3 Å². The van der Waals surface area contributed by atoms with Crippen LogP contribution in [0.1, 0.15) is 52.3 Å². The highest BCUT2D eigenvalue weighted by Crippen LogP contribution is 2.49. The average Bonchev–Trinajstić information content (AvgIpc) is 2.99. The SMILES string of the molecule is CC(=O)c1c2c(c3oc(=O)cc(C)c3c1O)[C@@H](c1ccc(C)o1)CC(=O)O2. The van der Waals surface area contributed by atoms with E-state index in [9.17, 15) is 19.5 Å². The Hall–Kier alpha value is -3.35. The van der Waals surface area contributed by atoms with Crippen LogP contribution < -0.4 is 10.4 Å². The molecule has 2 aromatic heterocycles. The topological polar surface area (TPSA) is 107 Å². The summed E-state index contributed by atoms with van der Waals surface area (Å²) in [5.74, 6) is -0.980. The Balaban J connectivity index is 2.20. The number of furan rings is 1. The molecule has 0 spiro atoms. The molecule has 7 nitrogen and oxygen atoms in total. The molecule has 3 heterocycles. The van der Waals surface area contributed by atoms with E-state index in [0.29, 0.717) is 22.6 Å². The maximum absolute atomic E-state index is 12.2. The van der Waals surface area contributed by atoms with Crippen molar-refractivity contribution < 1.29 is 28.3 Å². The molecule has 0 amide bonds. The van der Waals surface area contributed by atoms with Gasteiger partial charge >= 0.3 is 11.6 Å². The first-order chi connectivity index (χ1) is 12.8. The summed E-state index contributed by atoms with van der Waals surface area (Å²) in [6, 6.07) is 4.71. The van der Waals surface area contributed by atoms with Crippen molar-refractivity contribution in [3.05, 3.63) is 56.8 Å². The maximum atomic E-state index is 12.2. The van der Waals surface area contributed by atoms with Crippen molar-refractivity contribution in [2.45, 2.75) is 33.1 Å². The van der Waals surface area contributed by atoms with Gasteiger partial charge in [-0.2, -0.15) is 0 Å². The summed E-state index contributed by atoms with van der Waals surface area (Å²) in [6.45, 7) is 4.67. The molecule has 4 rings (SSSR count). The number of Topliss-reactive ketones (excluding diaryl/α,β-unsaturated/α-hetero) is 1. The number of phenolic OH excluding ortho intramolecular Hbond substituents is 1. The van der Waals surface area contributed by atoms with Gasteiger partial charge in [-0.15, -0.1) is 0 Å². The van der Waals surface area contributed by atoms with Gasteiger partial charge in [0.25, 0.3) is 0 Å². The van der Waals surface area contributed by atoms with Gasteiger partial charge in [-0.1, -0.05) is 0 Å². The van der Waals surface area contributed by atoms with Crippen LogP contribution in [0.25, 0.3) is 11.0 Å². The zero-order valence-corrected chi connectivity index (χ0v) is 14.9. The normalized spacial score (nSPS) is 16.3. The van der Waals surface area contributed by atoms with Crippen molar-refractivity contribution in [2.24, 2.45) is 0 Å². The number of aryl methyl sites for hydroxylation is 2. The van der Waals surface area contributed by atoms with Crippen LogP contribution in [0, 0.1) is 13.8 Å². The fourth-order valence-corrected chi connectivity index (χ4v) is 3.62. The fourth-order valence-electron chi connectivity index (χ4n) is 3.62. The summed E-state index contributed by atoms with van der Waals surface area (Å²) in [7, 11) is 0. The van der Waals surface area contributed by atoms with Crippen molar-refractivity contribution in [3.63, 3.8) is 0 Å². The second-order valence-corrected chi connectivity index (χ2v) is 6.65. The molecular formula is C20H16O7. The average molecular weight is 368 g/mol. The van der Waals surface area contributed by atoms with E-state index in [1.807, 2.05) is 0 Å². The highest BCUT2D eigenvalue weighted by atomic mass is 16.5. The van der Waals surface area contributed by atoms with Crippen molar-refractivity contribution in [1.82, 2.24) is 0 Å². The van der Waals surface area contributed by atoms with Crippen LogP contribution >= 0.6 is 0 Å². The lowest BCUT2D eigenvalue weighted by atomic mass is 9.85. The number of aromatic hydroxyl groups is 1. The van der Waals surface area contributed by atoms with Crippen molar-refractivity contribution >= 4 is 22.7 Å². The van der Waals surface area contributed by atoms with Gasteiger partial charge in [0.2, 0.25) is 0 Å². The summed E-state index contributed by atoms with van der Waals surface area (Å²) in [5, 5.41) is 10.9. The Kier molecular flexibility index (Phi) is 3.69. The lowest BCUT2D eigenvalue weighted by Crippen LogP contribution is -2.23. The third-order valence-corrected chi connectivity index (χ3v) is 4.74. The van der Waals surface area contributed by atoms with E-state index in [1.54, 1.807) is 26.0 Å². The summed E-state index contributed by atoms with van der Waals surface area (Å²) >= 11 is 0. The largest absolute Gasteiger partial charge is 0.506 e. The van der Waals surface area contributed by atoms with Gasteiger partial charge in [-0.25, -0.2) is 4.79 Å². The molecular weight excluding hydrogens is 352 g/mol. The van der Waals surface area contributed by atoms with E-state index in [-0.39, 0.29) is 34.5 Å². The minimum Gasteiger partial charge on any atom is -0.506 e. The zero-order valence-electron chi connectivity index (χ0n) is 14.9. The molecule has 0 unspecified atom stereocenters. The van der Waals surface area contributed by atoms with E-state index >= 15 is 0 Å². The molecule has 1 atom stereocenters. The Morgan fingerprint density at radius 1 is 1.19 bits per heavy atom. The molecule has 0 radical (unpaired) electrons. The molecule has 1 aromatic carbocycles. The van der Waals surface area contributed by atoms with Crippen LogP contribution in [0.4, 0.5) is 0 Å². The van der Waals surface area contributed by atoms with Crippen molar-refractivity contribution in [1.29, 1.82) is 0 Å². The molecule has 3 aromatic rings. The Labute approximate surface area is 153 Å². The predicted molar refractivity (Wildman–Crippen MR) is 94.4 cm³/mol. The van der Waals surface area contributed by atoms with Crippen molar-refractivity contribution in [2.75, 3.05) is 0 Å². The number of rotatable bonds is 2. The molecule has 0 saturated carbocycles. The molecule has 1 N–H and O–H groups in total. The van der Waals surface area contributed by atoms with Crippen LogP contribution in [0.15, 0.2) is 31.8 Å². The van der Waals surface area contributed by atoms with Crippen LogP contribution in [0.3, 0.4) is 0 Å². The Bertz CT molecular complexity index is 1180. The number of carbonyl (C=O) groups is 2. The van der Waals surface area contributed by atoms with E-state index in [1.165, 1.54) is 13.0 Å². The molecule has 0 aliphatic carbocycles. The van der Waals surface area contributed by atoms with Crippen LogP contribution in [0.2, 0.25) is 0 Å². The highest BCUT2D eigenvalue weighted by molar-refractivity contribution is 6.08. The Morgan fingerprint density at radius 3 is 2.56 bits per heavy atom. The summed E-state index contributed by atoms with van der Waals surface area (Å²) in [6.07, 6.45) is -0.0468. The zero-order chi connectivity index (χ0) is 19.5. The number of hydrogen-bond acceptors (Lipinski definition) is 7. The predicted octanol–water partition coefficient (Wildman–Crippen LogP) is 3.35. The van der Waals surface area contributed by atoms with E-state index in [0.717, 1.165) is 0 Å². The number of hydrogen-bond donors (Lipinski definition) is 1. The Morgan fingerprint density at radius 2 is 1.93 bits per heavy atom. The minimum absolute atomic E-state index is 0.0468. The molecule has 0 saturated heterocycles. The lowest BCUT2D eigenvalue weighted by molar-refractivity contribution is -0.135. The fraction of sp³-hybridized carbons (Fsp3) is 0.250. The number of phenols is 1. The molecule has 1 aliphatic heterocycles. The quantitative estimate of drug-likeness (QED) is 0.320. The second-order valence-electron chi connectivity index (χ2n) is 6.65. The molecule has 1 aliphatic rings. The first-order valence-corrected chi connectivity index (χ1v) is 8.39. The van der Waals surface area contributed by atoms with Crippen LogP contribution in [0.5, 0.6) is 11.5 Å². The number of fused-ring (bicyclic) bond motifs is 3. The van der Waals surface area contributed by atoms with Gasteiger partial charge in [-0.3, -0.25) is 9.59 Å². The lowest BCUT2D eigenvalue weighted by Gasteiger charge is -2.26. The number of ketones is 1. The molecule has 27 heavy (non-hydrogen) atoms. The molecule has 0 bridgehead atoms. The third-order valence-electron chi connectivity index (χ3n) is 4.74. The van der Waals surface area contributed by atoms with E-state index < -0.39 is 23.3 Å². The van der Waals surface area contributed by atoms with Crippen LogP contribution in [-0.4, -0.2) is 16.9 Å². The monoisotopic (exact) mass is 368 g/mol. The first-order valence-electron chi connectivity index (χ1n) is 8.39. The van der Waals surface area contributed by atoms with Gasteiger partial charge in [0, 0.05) is 6.07 Å². The highest BCUT2D eigenvalue weighted by Gasteiger charge is 2.38. The summed E-state index contributed by atoms with van der Waals surface area (Å²) < 4.78 is 16.4. The number of benzene rings is 1. The van der Waals surface area contributed by atoms with Gasteiger partial charge in [0.15, 0.2) is 11.5 Å². The van der Waals surface area contributed by atoms with E-state index in [4.69, 9.17) is 13.6 Å². The van der Waals surface area contributed by atoms with Gasteiger partial charge in [0.1, 0.15) is 28.4 Å². The van der Waals surface area contributed by atoms with Crippen LogP contribution in [-0.2, 0) is 4.79 Å². The van der Waals surface area contributed by atoms with Gasteiger partial charge in [-0.05, 0) is 38.5 Å². The standard InChI is InChI=1S/C20H16O7/c1-8-6-13(22)26-19-15(8)18(24)16(10(3)21)20-17(19)11(7-14(23)27-20)12-5-4-9(2)25-12/h4-6,11,24H,7H2,1-3H3/t11-/m1/s1. The number of carbonyl (C=O) groups excluding carboxylic acids is 2. The minimum atomic E-state index is -0.610. The van der Waals surface area contributed by atoms with Gasteiger partial charge < -0.3 is 18.7 Å². The smallest absolute Gasteiger partial charge is 0.336 e. The number of ether oxygens (including phenoxy) is 1. The van der Waals surface area contributed by atoms with E-state index in [2.05, 4.69) is 0 Å². The summed E-state index contributed by atoms with van der Waals surface area (Å²) in [5.41, 5.74) is 0.168. The second kappa shape index (κ2) is 5.84. The first kappa shape index (κ1) is 17.1. The summed E-state index contributed by atoms with van der Waals surface area (Å²) in [4.78, 5) is 36.5. The number of esters is 1. The molecule has 0 fully saturated rings. The maximum Gasteiger partial charge on any atom is 0.336 e. The molecule has 138 valence electrons.